The molecule has 2 N–H and O–H groups in total. The molecule has 0 radical (unpaired) electrons. The van der Waals surface area contributed by atoms with Crippen LogP contribution in [-0.2, 0) is 4.79 Å². The normalized spacial score (nSPS) is 22.3. The zero-order chi connectivity index (χ0) is 15.2. The number of benzene rings is 1. The molecule has 1 amide bonds. The van der Waals surface area contributed by atoms with E-state index in [4.69, 9.17) is 4.74 Å². The molecule has 2 rings (SSSR count). The number of rotatable bonds is 5. The molecule has 1 aromatic rings. The molecule has 0 spiro atoms. The van der Waals surface area contributed by atoms with Crippen LogP contribution in [0.15, 0.2) is 24.3 Å². The summed E-state index contributed by atoms with van der Waals surface area (Å²) in [6, 6.07) is 8.44. The zero-order valence-electron chi connectivity index (χ0n) is 13.6. The van der Waals surface area contributed by atoms with Crippen molar-refractivity contribution < 1.29 is 9.53 Å². The maximum absolute atomic E-state index is 12.4. The Morgan fingerprint density at radius 3 is 2.64 bits per heavy atom. The second-order valence-electron chi connectivity index (χ2n) is 5.82. The van der Waals surface area contributed by atoms with Crippen molar-refractivity contribution in [2.45, 2.75) is 45.2 Å². The van der Waals surface area contributed by atoms with Gasteiger partial charge >= 0.3 is 0 Å². The average Bonchev–Trinajstić information content (AvgIpc) is 2.52. The number of carbonyl (C=O) groups excluding carboxylic acids is 1. The van der Waals surface area contributed by atoms with E-state index in [1.54, 1.807) is 7.11 Å². The molecule has 4 nitrogen and oxygen atoms in total. The molecule has 0 bridgehead atoms. The molecule has 5 heteroatoms. The smallest absolute Gasteiger partial charge is 0.223 e. The number of amides is 1. The third-order valence-electron chi connectivity index (χ3n) is 4.24. The topological polar surface area (TPSA) is 50.4 Å². The van der Waals surface area contributed by atoms with Crippen molar-refractivity contribution in [3.05, 3.63) is 29.8 Å². The van der Waals surface area contributed by atoms with Gasteiger partial charge in [0.15, 0.2) is 0 Å². The molecule has 1 aliphatic heterocycles. The molecule has 124 valence electrons. The van der Waals surface area contributed by atoms with E-state index in [0.717, 1.165) is 37.1 Å². The Labute approximate surface area is 139 Å². The van der Waals surface area contributed by atoms with E-state index in [-0.39, 0.29) is 30.3 Å². The Kier molecular flexibility index (Phi) is 7.69. The molecule has 1 aromatic carbocycles. The van der Waals surface area contributed by atoms with Gasteiger partial charge in [-0.25, -0.2) is 0 Å². The number of halogens is 1. The van der Waals surface area contributed by atoms with Gasteiger partial charge in [0.1, 0.15) is 5.75 Å². The summed E-state index contributed by atoms with van der Waals surface area (Å²) < 4.78 is 5.18. The molecule has 1 heterocycles. The van der Waals surface area contributed by atoms with Crippen LogP contribution in [0.3, 0.4) is 0 Å². The summed E-state index contributed by atoms with van der Waals surface area (Å²) in [6.45, 7) is 5.17. The molecule has 0 aromatic heterocycles. The summed E-state index contributed by atoms with van der Waals surface area (Å²) in [5.41, 5.74) is 1.13. The fourth-order valence-corrected chi connectivity index (χ4v) is 2.92. The second kappa shape index (κ2) is 9.01. The molecular weight excluding hydrogens is 300 g/mol. The van der Waals surface area contributed by atoms with E-state index in [1.807, 2.05) is 24.3 Å². The van der Waals surface area contributed by atoms with Crippen LogP contribution < -0.4 is 15.4 Å². The summed E-state index contributed by atoms with van der Waals surface area (Å²) in [6.07, 6.45) is 2.73. The molecule has 1 fully saturated rings. The maximum Gasteiger partial charge on any atom is 0.223 e. The number of carbonyl (C=O) groups is 1. The van der Waals surface area contributed by atoms with E-state index in [1.165, 1.54) is 0 Å². The Hall–Kier alpha value is -1.26. The van der Waals surface area contributed by atoms with Gasteiger partial charge in [-0.15, -0.1) is 12.4 Å². The summed E-state index contributed by atoms with van der Waals surface area (Å²) in [5, 5.41) is 6.59. The minimum atomic E-state index is 0. The average molecular weight is 327 g/mol. The lowest BCUT2D eigenvalue weighted by Crippen LogP contribution is -2.43. The molecular formula is C17H27ClN2O2. The van der Waals surface area contributed by atoms with Crippen LogP contribution in [0.2, 0.25) is 0 Å². The summed E-state index contributed by atoms with van der Waals surface area (Å²) in [7, 11) is 1.66. The number of ether oxygens (including phenoxy) is 1. The van der Waals surface area contributed by atoms with E-state index >= 15 is 0 Å². The fraction of sp³-hybridized carbons (Fsp3) is 0.588. The van der Waals surface area contributed by atoms with E-state index in [2.05, 4.69) is 24.5 Å². The van der Waals surface area contributed by atoms with E-state index in [9.17, 15) is 4.79 Å². The van der Waals surface area contributed by atoms with Crippen molar-refractivity contribution in [1.82, 2.24) is 10.6 Å². The highest BCUT2D eigenvalue weighted by Crippen LogP contribution is 2.22. The highest BCUT2D eigenvalue weighted by atomic mass is 35.5. The predicted octanol–water partition coefficient (Wildman–Crippen LogP) is 3.07. The lowest BCUT2D eigenvalue weighted by Gasteiger charge is -2.29. The van der Waals surface area contributed by atoms with Crippen LogP contribution in [0.25, 0.3) is 0 Å². The van der Waals surface area contributed by atoms with Crippen LogP contribution >= 0.6 is 12.4 Å². The minimum Gasteiger partial charge on any atom is -0.497 e. The number of piperidine rings is 1. The highest BCUT2D eigenvalue weighted by Gasteiger charge is 2.26. The van der Waals surface area contributed by atoms with Crippen molar-refractivity contribution in [2.75, 3.05) is 13.7 Å². The Bertz CT molecular complexity index is 464. The molecule has 0 saturated carbocycles. The Morgan fingerprint density at radius 1 is 1.41 bits per heavy atom. The van der Waals surface area contributed by atoms with Gasteiger partial charge < -0.3 is 15.4 Å². The molecule has 0 aliphatic carbocycles. The SMILES string of the molecule is CCC(NC(=O)[C@H]1CCN[C@@H](C)C1)c1ccc(OC)cc1.Cl. The molecule has 1 saturated heterocycles. The largest absolute Gasteiger partial charge is 0.497 e. The van der Waals surface area contributed by atoms with Crippen LogP contribution in [0.4, 0.5) is 0 Å². The minimum absolute atomic E-state index is 0. The third kappa shape index (κ3) is 4.89. The van der Waals surface area contributed by atoms with Crippen molar-refractivity contribution >= 4 is 18.3 Å². The van der Waals surface area contributed by atoms with Crippen LogP contribution in [0.5, 0.6) is 5.75 Å². The lowest BCUT2D eigenvalue weighted by atomic mass is 9.91. The Morgan fingerprint density at radius 2 is 2.09 bits per heavy atom. The van der Waals surface area contributed by atoms with E-state index in [0.29, 0.717) is 6.04 Å². The van der Waals surface area contributed by atoms with Crippen molar-refractivity contribution in [3.8, 4) is 5.75 Å². The maximum atomic E-state index is 12.4. The van der Waals surface area contributed by atoms with Gasteiger partial charge in [-0.05, 0) is 50.4 Å². The van der Waals surface area contributed by atoms with Gasteiger partial charge in [0.25, 0.3) is 0 Å². The first-order chi connectivity index (χ1) is 10.1. The molecule has 1 aliphatic rings. The highest BCUT2D eigenvalue weighted by molar-refractivity contribution is 5.85. The van der Waals surface area contributed by atoms with Crippen LogP contribution in [0.1, 0.15) is 44.7 Å². The van der Waals surface area contributed by atoms with Gasteiger partial charge in [0.2, 0.25) is 5.91 Å². The number of methoxy groups -OCH3 is 1. The third-order valence-corrected chi connectivity index (χ3v) is 4.24. The number of hydrogen-bond acceptors (Lipinski definition) is 3. The van der Waals surface area contributed by atoms with Gasteiger partial charge in [-0.3, -0.25) is 4.79 Å². The second-order valence-corrected chi connectivity index (χ2v) is 5.82. The first kappa shape index (κ1) is 18.8. The van der Waals surface area contributed by atoms with Gasteiger partial charge in [-0.2, -0.15) is 0 Å². The first-order valence-electron chi connectivity index (χ1n) is 7.81. The summed E-state index contributed by atoms with van der Waals surface area (Å²) >= 11 is 0. The first-order valence-corrected chi connectivity index (χ1v) is 7.81. The quantitative estimate of drug-likeness (QED) is 0.874. The number of nitrogens with one attached hydrogen (secondary N) is 2. The number of hydrogen-bond donors (Lipinski definition) is 2. The van der Waals surface area contributed by atoms with Gasteiger partial charge in [0.05, 0.1) is 13.2 Å². The predicted molar refractivity (Wildman–Crippen MR) is 91.6 cm³/mol. The standard InChI is InChI=1S/C17H26N2O2.ClH/c1-4-16(13-5-7-15(21-3)8-6-13)19-17(20)14-9-10-18-12(2)11-14;/h5-8,12,14,16,18H,4,9-11H2,1-3H3,(H,19,20);1H/t12-,14-,16?;/m0./s1. The molecule has 22 heavy (non-hydrogen) atoms. The van der Waals surface area contributed by atoms with Crippen molar-refractivity contribution in [3.63, 3.8) is 0 Å². The fourth-order valence-electron chi connectivity index (χ4n) is 2.92. The Balaban J connectivity index is 0.00000242. The summed E-state index contributed by atoms with van der Waals surface area (Å²) in [4.78, 5) is 12.4. The lowest BCUT2D eigenvalue weighted by molar-refractivity contribution is -0.126. The molecule has 1 unspecified atom stereocenters. The van der Waals surface area contributed by atoms with Crippen LogP contribution in [-0.4, -0.2) is 25.6 Å². The van der Waals surface area contributed by atoms with Gasteiger partial charge in [0, 0.05) is 12.0 Å². The van der Waals surface area contributed by atoms with Crippen molar-refractivity contribution in [1.29, 1.82) is 0 Å². The zero-order valence-corrected chi connectivity index (χ0v) is 14.4. The molecule has 3 atom stereocenters. The van der Waals surface area contributed by atoms with Crippen LogP contribution in [0, 0.1) is 5.92 Å². The van der Waals surface area contributed by atoms with Crippen molar-refractivity contribution in [2.24, 2.45) is 5.92 Å². The summed E-state index contributed by atoms with van der Waals surface area (Å²) in [5.74, 6) is 1.16. The monoisotopic (exact) mass is 326 g/mol. The van der Waals surface area contributed by atoms with E-state index < -0.39 is 0 Å². The van der Waals surface area contributed by atoms with Gasteiger partial charge in [-0.1, -0.05) is 19.1 Å².